The number of carboxylic acids is 1. The molecule has 3 nitrogen and oxygen atoms in total. The molecule has 1 fully saturated rings. The van der Waals surface area contributed by atoms with Gasteiger partial charge in [0.25, 0.3) is 0 Å². The van der Waals surface area contributed by atoms with E-state index in [0.29, 0.717) is 5.75 Å². The molecule has 0 radical (unpaired) electrons. The zero-order chi connectivity index (χ0) is 13.7. The van der Waals surface area contributed by atoms with Gasteiger partial charge in [-0.1, -0.05) is 0 Å². The van der Waals surface area contributed by atoms with Crippen LogP contribution in [0.2, 0.25) is 0 Å². The van der Waals surface area contributed by atoms with Crippen LogP contribution < -0.4 is 0 Å². The summed E-state index contributed by atoms with van der Waals surface area (Å²) in [4.78, 5) is 14.2. The minimum absolute atomic E-state index is 0.233. The summed E-state index contributed by atoms with van der Waals surface area (Å²) in [5, 5.41) is 9.15. The lowest BCUT2D eigenvalue weighted by molar-refractivity contribution is -0.142. The molecule has 1 aliphatic heterocycles. The average molecular weight is 301 g/mol. The second-order valence-electron chi connectivity index (χ2n) is 4.27. The summed E-state index contributed by atoms with van der Waals surface area (Å²) in [7, 11) is 0. The van der Waals surface area contributed by atoms with Crippen LogP contribution in [0.25, 0.3) is 0 Å². The smallest absolute Gasteiger partial charge is 0.321 e. The zero-order valence-corrected chi connectivity index (χ0v) is 12.1. The predicted octanol–water partition coefficient (Wildman–Crippen LogP) is 2.42. The maximum atomic E-state index is 12.8. The molecule has 0 aromatic heterocycles. The average Bonchev–Trinajstić information content (AvgIpc) is 2.41. The number of nitrogens with zero attached hydrogens (tertiary/aromatic N) is 1. The number of hydrogen-bond donors (Lipinski definition) is 1. The number of hydrogen-bond acceptors (Lipinski definition) is 4. The molecular formula is C13H16FNO2S2. The molecule has 2 rings (SSSR count). The molecule has 1 N–H and O–H groups in total. The summed E-state index contributed by atoms with van der Waals surface area (Å²) in [6, 6.07) is 6.02. The topological polar surface area (TPSA) is 40.5 Å². The van der Waals surface area contributed by atoms with Gasteiger partial charge in [-0.05, 0) is 24.3 Å². The van der Waals surface area contributed by atoms with Crippen LogP contribution in [-0.4, -0.2) is 52.4 Å². The summed E-state index contributed by atoms with van der Waals surface area (Å²) < 4.78 is 12.8. The highest BCUT2D eigenvalue weighted by Crippen LogP contribution is 2.21. The molecule has 104 valence electrons. The van der Waals surface area contributed by atoms with Gasteiger partial charge in [-0.25, -0.2) is 4.39 Å². The summed E-state index contributed by atoms with van der Waals surface area (Å²) >= 11 is 3.32. The molecule has 0 bridgehead atoms. The van der Waals surface area contributed by atoms with E-state index in [2.05, 4.69) is 0 Å². The van der Waals surface area contributed by atoms with Gasteiger partial charge in [-0.2, -0.15) is 11.8 Å². The van der Waals surface area contributed by atoms with Crippen molar-refractivity contribution in [3.63, 3.8) is 0 Å². The van der Waals surface area contributed by atoms with Gasteiger partial charge in [0.2, 0.25) is 0 Å². The van der Waals surface area contributed by atoms with Crippen molar-refractivity contribution in [2.24, 2.45) is 0 Å². The minimum Gasteiger partial charge on any atom is -0.480 e. The zero-order valence-electron chi connectivity index (χ0n) is 10.4. The third-order valence-electron chi connectivity index (χ3n) is 2.99. The van der Waals surface area contributed by atoms with Crippen molar-refractivity contribution in [2.45, 2.75) is 10.9 Å². The Morgan fingerprint density at radius 3 is 2.89 bits per heavy atom. The molecule has 1 aliphatic rings. The molecule has 19 heavy (non-hydrogen) atoms. The van der Waals surface area contributed by atoms with E-state index in [9.17, 15) is 9.18 Å². The second kappa shape index (κ2) is 7.17. The summed E-state index contributed by atoms with van der Waals surface area (Å²) in [5.41, 5.74) is 0. The Bertz CT molecular complexity index is 427. The first-order chi connectivity index (χ1) is 9.16. The van der Waals surface area contributed by atoms with Crippen molar-refractivity contribution in [1.82, 2.24) is 4.90 Å². The number of carbonyl (C=O) groups is 1. The first kappa shape index (κ1) is 14.7. The maximum Gasteiger partial charge on any atom is 0.321 e. The molecule has 0 aliphatic carbocycles. The van der Waals surface area contributed by atoms with Gasteiger partial charge >= 0.3 is 5.97 Å². The molecular weight excluding hydrogens is 285 g/mol. The summed E-state index contributed by atoms with van der Waals surface area (Å²) in [6.45, 7) is 1.57. The lowest BCUT2D eigenvalue weighted by Gasteiger charge is -2.32. The van der Waals surface area contributed by atoms with Crippen molar-refractivity contribution < 1.29 is 14.3 Å². The van der Waals surface area contributed by atoms with Gasteiger partial charge in [-0.15, -0.1) is 11.8 Å². The molecule has 0 saturated carbocycles. The Morgan fingerprint density at radius 2 is 2.21 bits per heavy atom. The molecule has 0 amide bonds. The summed E-state index contributed by atoms with van der Waals surface area (Å²) in [6.07, 6.45) is 0. The highest BCUT2D eigenvalue weighted by molar-refractivity contribution is 7.99. The Morgan fingerprint density at radius 1 is 1.47 bits per heavy atom. The van der Waals surface area contributed by atoms with E-state index in [4.69, 9.17) is 5.11 Å². The van der Waals surface area contributed by atoms with Gasteiger partial charge in [0.05, 0.1) is 0 Å². The molecule has 1 atom stereocenters. The summed E-state index contributed by atoms with van der Waals surface area (Å²) in [5.74, 6) is 1.50. The fourth-order valence-corrected chi connectivity index (χ4v) is 3.94. The molecule has 1 aromatic carbocycles. The Kier molecular flexibility index (Phi) is 5.54. The molecule has 1 saturated heterocycles. The normalized spacial score (nSPS) is 20.4. The SMILES string of the molecule is O=C(O)C1CSCCN1CCSc1ccc(F)cc1. The third-order valence-corrected chi connectivity index (χ3v) is 5.00. The van der Waals surface area contributed by atoms with Crippen LogP contribution in [0.15, 0.2) is 29.2 Å². The van der Waals surface area contributed by atoms with Crippen LogP contribution in [0, 0.1) is 5.82 Å². The van der Waals surface area contributed by atoms with Gasteiger partial charge in [0, 0.05) is 35.2 Å². The Hall–Kier alpha value is -0.720. The van der Waals surface area contributed by atoms with E-state index in [1.165, 1.54) is 12.1 Å². The van der Waals surface area contributed by atoms with E-state index < -0.39 is 5.97 Å². The van der Waals surface area contributed by atoms with E-state index in [0.717, 1.165) is 29.5 Å². The number of carboxylic acid groups (broad SMARTS) is 1. The monoisotopic (exact) mass is 301 g/mol. The van der Waals surface area contributed by atoms with Crippen molar-refractivity contribution in [2.75, 3.05) is 30.3 Å². The number of thioether (sulfide) groups is 2. The highest BCUT2D eigenvalue weighted by atomic mass is 32.2. The van der Waals surface area contributed by atoms with Crippen LogP contribution in [0.1, 0.15) is 0 Å². The fraction of sp³-hybridized carbons (Fsp3) is 0.462. The number of rotatable bonds is 5. The van der Waals surface area contributed by atoms with E-state index in [1.807, 2.05) is 4.90 Å². The van der Waals surface area contributed by atoms with Crippen LogP contribution in [0.5, 0.6) is 0 Å². The van der Waals surface area contributed by atoms with Gasteiger partial charge in [-0.3, -0.25) is 9.69 Å². The molecule has 6 heteroatoms. The minimum atomic E-state index is -0.737. The number of benzene rings is 1. The van der Waals surface area contributed by atoms with Crippen LogP contribution in [-0.2, 0) is 4.79 Å². The van der Waals surface area contributed by atoms with Gasteiger partial charge in [0.15, 0.2) is 0 Å². The van der Waals surface area contributed by atoms with E-state index in [1.54, 1.807) is 35.7 Å². The molecule has 0 spiro atoms. The van der Waals surface area contributed by atoms with Crippen molar-refractivity contribution in [3.8, 4) is 0 Å². The van der Waals surface area contributed by atoms with E-state index in [-0.39, 0.29) is 11.9 Å². The largest absolute Gasteiger partial charge is 0.480 e. The van der Waals surface area contributed by atoms with Gasteiger partial charge in [0.1, 0.15) is 11.9 Å². The lowest BCUT2D eigenvalue weighted by Crippen LogP contribution is -2.48. The van der Waals surface area contributed by atoms with E-state index >= 15 is 0 Å². The molecule has 1 unspecified atom stereocenters. The van der Waals surface area contributed by atoms with Gasteiger partial charge < -0.3 is 5.11 Å². The Labute approximate surface area is 120 Å². The predicted molar refractivity (Wildman–Crippen MR) is 77.4 cm³/mol. The number of aliphatic carboxylic acids is 1. The van der Waals surface area contributed by atoms with Crippen molar-refractivity contribution in [3.05, 3.63) is 30.1 Å². The lowest BCUT2D eigenvalue weighted by atomic mass is 10.3. The first-order valence-electron chi connectivity index (χ1n) is 6.10. The quantitative estimate of drug-likeness (QED) is 0.846. The second-order valence-corrected chi connectivity index (χ2v) is 6.59. The standard InChI is InChI=1S/C13H16FNO2S2/c14-10-1-3-11(4-2-10)19-8-6-15-5-7-18-9-12(15)13(16)17/h1-4,12H,5-9H2,(H,16,17). The maximum absolute atomic E-state index is 12.8. The van der Waals surface area contributed by atoms with Crippen molar-refractivity contribution >= 4 is 29.5 Å². The molecule has 1 heterocycles. The fourth-order valence-electron chi connectivity index (χ4n) is 1.94. The highest BCUT2D eigenvalue weighted by Gasteiger charge is 2.28. The van der Waals surface area contributed by atoms with Crippen molar-refractivity contribution in [1.29, 1.82) is 0 Å². The van der Waals surface area contributed by atoms with Crippen LogP contribution in [0.3, 0.4) is 0 Å². The van der Waals surface area contributed by atoms with Crippen LogP contribution in [0.4, 0.5) is 4.39 Å². The molecule has 1 aromatic rings. The Balaban J connectivity index is 1.80. The first-order valence-corrected chi connectivity index (χ1v) is 8.24. The third kappa shape index (κ3) is 4.40. The van der Waals surface area contributed by atoms with Crippen LogP contribution >= 0.6 is 23.5 Å². The number of halogens is 1.